The molecule has 0 spiro atoms. The third-order valence-electron chi connectivity index (χ3n) is 8.35. The molecule has 44 heavy (non-hydrogen) atoms. The highest BCUT2D eigenvalue weighted by molar-refractivity contribution is 5.97. The van der Waals surface area contributed by atoms with Gasteiger partial charge < -0.3 is 20.7 Å². The Morgan fingerprint density at radius 2 is 1.77 bits per heavy atom. The summed E-state index contributed by atoms with van der Waals surface area (Å²) in [4.78, 5) is 40.1. The Labute approximate surface area is 255 Å². The van der Waals surface area contributed by atoms with Crippen LogP contribution in [0.3, 0.4) is 0 Å². The van der Waals surface area contributed by atoms with E-state index < -0.39 is 5.54 Å². The molecule has 3 N–H and O–H groups in total. The number of piperazine rings is 1. The summed E-state index contributed by atoms with van der Waals surface area (Å²) in [5.41, 5.74) is 6.98. The maximum absolute atomic E-state index is 14.0. The first-order valence-corrected chi connectivity index (χ1v) is 14.7. The maximum Gasteiger partial charge on any atom is 0.335 e. The Morgan fingerprint density at radius 1 is 1.07 bits per heavy atom. The topological polar surface area (TPSA) is 147 Å². The van der Waals surface area contributed by atoms with Crippen LogP contribution in [-0.2, 0) is 4.79 Å². The first kappa shape index (κ1) is 29.1. The number of carbonyl (C=O) groups is 1. The lowest BCUT2D eigenvalue weighted by molar-refractivity contribution is -0.125. The maximum atomic E-state index is 14.0. The molecular formula is C32H35N9O3. The summed E-state index contributed by atoms with van der Waals surface area (Å²) in [7, 11) is 0. The molecule has 0 unspecified atom stereocenters. The van der Waals surface area contributed by atoms with Gasteiger partial charge in [0, 0.05) is 44.8 Å². The van der Waals surface area contributed by atoms with Crippen LogP contribution in [0.25, 0.3) is 16.9 Å². The number of hydrogen-bond acceptors (Lipinski definition) is 9. The van der Waals surface area contributed by atoms with Gasteiger partial charge in [-0.15, -0.1) is 0 Å². The van der Waals surface area contributed by atoms with Crippen LogP contribution in [0.5, 0.6) is 11.5 Å². The fourth-order valence-corrected chi connectivity index (χ4v) is 6.06. The van der Waals surface area contributed by atoms with E-state index in [9.17, 15) is 14.9 Å². The number of likely N-dealkylation sites (tertiary alicyclic amines) is 1. The molecule has 1 atom stereocenters. The molecule has 0 aliphatic carbocycles. The minimum Gasteiger partial charge on any atom is -0.457 e. The fraction of sp³-hybridized carbons (Fsp3) is 0.344. The summed E-state index contributed by atoms with van der Waals surface area (Å²) in [5, 5.41) is 13.3. The number of ether oxygens (including phenoxy) is 1. The highest BCUT2D eigenvalue weighted by Crippen LogP contribution is 2.30. The molecule has 2 aliphatic heterocycles. The number of nitrogen functional groups attached to an aromatic ring is 1. The van der Waals surface area contributed by atoms with Crippen molar-refractivity contribution in [3.05, 3.63) is 83.1 Å². The van der Waals surface area contributed by atoms with E-state index >= 15 is 0 Å². The van der Waals surface area contributed by atoms with E-state index in [2.05, 4.69) is 26.3 Å². The van der Waals surface area contributed by atoms with Crippen LogP contribution in [0.2, 0.25) is 0 Å². The highest BCUT2D eigenvalue weighted by atomic mass is 16.5. The molecule has 2 aromatic carbocycles. The Hall–Kier alpha value is -4.99. The summed E-state index contributed by atoms with van der Waals surface area (Å²) in [5.74, 6) is 1.16. The molecule has 12 heteroatoms. The van der Waals surface area contributed by atoms with Gasteiger partial charge in [0.15, 0.2) is 11.5 Å². The van der Waals surface area contributed by atoms with E-state index in [1.165, 1.54) is 10.9 Å². The lowest BCUT2D eigenvalue weighted by atomic mass is 9.97. The number of amides is 1. The third kappa shape index (κ3) is 5.55. The van der Waals surface area contributed by atoms with Gasteiger partial charge in [0.1, 0.15) is 35.0 Å². The molecule has 4 aromatic rings. The number of para-hydroxylation sites is 1. The monoisotopic (exact) mass is 593 g/mol. The normalized spacial score (nSPS) is 18.0. The molecule has 226 valence electrons. The number of imidazole rings is 1. The molecule has 2 aliphatic rings. The molecule has 0 saturated carbocycles. The quantitative estimate of drug-likeness (QED) is 0.244. The minimum absolute atomic E-state index is 0.105. The van der Waals surface area contributed by atoms with Crippen LogP contribution in [0.1, 0.15) is 26.3 Å². The van der Waals surface area contributed by atoms with Gasteiger partial charge in [-0.3, -0.25) is 18.8 Å². The van der Waals surface area contributed by atoms with E-state index in [0.717, 1.165) is 26.2 Å². The number of hydrogen-bond donors (Lipinski definition) is 2. The number of nitrogens with two attached hydrogens (primary N) is 1. The van der Waals surface area contributed by atoms with Crippen molar-refractivity contribution in [3.63, 3.8) is 0 Å². The molecule has 2 aromatic heterocycles. The zero-order valence-corrected chi connectivity index (χ0v) is 24.8. The summed E-state index contributed by atoms with van der Waals surface area (Å²) in [6.07, 6.45) is 3.63. The average molecular weight is 594 g/mol. The van der Waals surface area contributed by atoms with Crippen molar-refractivity contribution in [1.29, 1.82) is 5.26 Å². The number of anilines is 1. The van der Waals surface area contributed by atoms with Gasteiger partial charge in [-0.05, 0) is 62.7 Å². The number of fused-ring (bicyclic) bond motifs is 1. The van der Waals surface area contributed by atoms with Crippen molar-refractivity contribution in [2.24, 2.45) is 0 Å². The summed E-state index contributed by atoms with van der Waals surface area (Å²) in [6, 6.07) is 18.3. The molecule has 6 rings (SSSR count). The van der Waals surface area contributed by atoms with Gasteiger partial charge in [0.05, 0.1) is 11.7 Å². The SMILES string of the molecule is CC(C)(C=C(C#N)C(=O)N1CC[C@H](n2c(=O)n(-c3ccc(Oc4ccccc4)cc3)c3c(N)ncnc32)C1)N1CCNCC1. The number of aromatic nitrogens is 4. The average Bonchev–Trinajstić information content (AvgIpc) is 3.64. The predicted molar refractivity (Wildman–Crippen MR) is 167 cm³/mol. The van der Waals surface area contributed by atoms with E-state index in [1.54, 1.807) is 39.8 Å². The van der Waals surface area contributed by atoms with Crippen LogP contribution in [0.4, 0.5) is 5.82 Å². The van der Waals surface area contributed by atoms with Crippen molar-refractivity contribution < 1.29 is 9.53 Å². The number of rotatable bonds is 7. The number of nitriles is 1. The lowest BCUT2D eigenvalue weighted by Crippen LogP contribution is -2.52. The van der Waals surface area contributed by atoms with Crippen molar-refractivity contribution in [3.8, 4) is 23.3 Å². The standard InChI is InChI=1S/C32H35N9O3/c1-32(2,39-16-13-35-14-17-39)18-22(19-33)30(42)38-15-12-24(20-38)41-29-27(28(34)36-21-37-29)40(31(41)43)23-8-10-26(11-9-23)44-25-6-4-3-5-7-25/h3-11,18,21,24,35H,12-17,20H2,1-2H3,(H2,34,36,37)/t24-/m0/s1. The zero-order chi connectivity index (χ0) is 30.8. The van der Waals surface area contributed by atoms with Crippen molar-refractivity contribution in [2.45, 2.75) is 31.8 Å². The second-order valence-corrected chi connectivity index (χ2v) is 11.6. The molecule has 2 saturated heterocycles. The van der Waals surface area contributed by atoms with E-state index in [1.807, 2.05) is 44.2 Å². The first-order valence-electron chi connectivity index (χ1n) is 14.7. The van der Waals surface area contributed by atoms with Crippen LogP contribution in [0, 0.1) is 11.3 Å². The Balaban J connectivity index is 1.28. The summed E-state index contributed by atoms with van der Waals surface area (Å²) >= 11 is 0. The van der Waals surface area contributed by atoms with Gasteiger partial charge in [-0.2, -0.15) is 5.26 Å². The summed E-state index contributed by atoms with van der Waals surface area (Å²) in [6.45, 7) is 8.11. The van der Waals surface area contributed by atoms with Gasteiger partial charge in [0.2, 0.25) is 0 Å². The molecule has 0 radical (unpaired) electrons. The largest absolute Gasteiger partial charge is 0.457 e. The minimum atomic E-state index is -0.456. The number of carbonyl (C=O) groups excluding carboxylic acids is 1. The van der Waals surface area contributed by atoms with E-state index in [4.69, 9.17) is 10.5 Å². The number of nitrogens with zero attached hydrogens (tertiary/aromatic N) is 7. The van der Waals surface area contributed by atoms with Crippen molar-refractivity contribution >= 4 is 22.9 Å². The van der Waals surface area contributed by atoms with Gasteiger partial charge in [-0.1, -0.05) is 18.2 Å². The third-order valence-corrected chi connectivity index (χ3v) is 8.35. The second-order valence-electron chi connectivity index (χ2n) is 11.6. The fourth-order valence-electron chi connectivity index (χ4n) is 6.06. The Morgan fingerprint density at radius 3 is 2.48 bits per heavy atom. The number of benzene rings is 2. The van der Waals surface area contributed by atoms with Crippen LogP contribution >= 0.6 is 0 Å². The number of nitrogens with one attached hydrogen (secondary N) is 1. The van der Waals surface area contributed by atoms with Crippen LogP contribution < -0.4 is 21.5 Å². The molecule has 2 fully saturated rings. The van der Waals surface area contributed by atoms with E-state index in [-0.39, 0.29) is 35.6 Å². The second kappa shape index (κ2) is 11.9. The lowest BCUT2D eigenvalue weighted by Gasteiger charge is -2.39. The van der Waals surface area contributed by atoms with Crippen molar-refractivity contribution in [2.75, 3.05) is 45.0 Å². The van der Waals surface area contributed by atoms with Crippen LogP contribution in [-0.4, -0.2) is 79.6 Å². The highest BCUT2D eigenvalue weighted by Gasteiger charge is 2.34. The summed E-state index contributed by atoms with van der Waals surface area (Å²) < 4.78 is 9.00. The predicted octanol–water partition coefficient (Wildman–Crippen LogP) is 2.86. The van der Waals surface area contributed by atoms with Gasteiger partial charge in [0.25, 0.3) is 5.91 Å². The van der Waals surface area contributed by atoms with Crippen LogP contribution in [0.15, 0.2) is 77.4 Å². The molecule has 4 heterocycles. The molecule has 1 amide bonds. The Bertz CT molecular complexity index is 1800. The van der Waals surface area contributed by atoms with Crippen molar-refractivity contribution in [1.82, 2.24) is 34.2 Å². The molecular weight excluding hydrogens is 558 g/mol. The van der Waals surface area contributed by atoms with Gasteiger partial charge >= 0.3 is 5.69 Å². The smallest absolute Gasteiger partial charge is 0.335 e. The Kier molecular flexibility index (Phi) is 7.90. The molecule has 0 bridgehead atoms. The molecule has 12 nitrogen and oxygen atoms in total. The van der Waals surface area contributed by atoms with Gasteiger partial charge in [-0.25, -0.2) is 14.8 Å². The van der Waals surface area contributed by atoms with E-state index in [0.29, 0.717) is 41.3 Å². The first-order chi connectivity index (χ1) is 21.3. The zero-order valence-electron chi connectivity index (χ0n) is 24.8.